The first-order chi connectivity index (χ1) is 19.5. The third kappa shape index (κ3) is 8.00. The number of rotatable bonds is 11. The maximum atomic E-state index is 14.1. The molecule has 9 nitrogen and oxygen atoms in total. The van der Waals surface area contributed by atoms with Crippen molar-refractivity contribution >= 4 is 23.7 Å². The quantitative estimate of drug-likeness (QED) is 0.304. The Kier molecular flexibility index (Phi) is 11.9. The molecule has 2 rings (SSSR count). The molecule has 1 aliphatic rings. The van der Waals surface area contributed by atoms with E-state index in [2.05, 4.69) is 10.6 Å². The molecule has 1 aliphatic heterocycles. The minimum absolute atomic E-state index is 0.0185. The van der Waals surface area contributed by atoms with Crippen LogP contribution in [0.5, 0.6) is 0 Å². The molecule has 0 bridgehead atoms. The van der Waals surface area contributed by atoms with Crippen molar-refractivity contribution in [3.8, 4) is 0 Å². The van der Waals surface area contributed by atoms with Crippen molar-refractivity contribution in [1.82, 2.24) is 20.4 Å². The molecule has 1 aromatic carbocycles. The van der Waals surface area contributed by atoms with E-state index in [-0.39, 0.29) is 23.6 Å². The average molecular weight is 585 g/mol. The highest BCUT2D eigenvalue weighted by Crippen LogP contribution is 2.29. The van der Waals surface area contributed by atoms with E-state index in [0.29, 0.717) is 18.5 Å². The molecule has 0 spiro atoms. The van der Waals surface area contributed by atoms with Gasteiger partial charge in [-0.15, -0.1) is 0 Å². The van der Waals surface area contributed by atoms with E-state index in [0.717, 1.165) is 12.0 Å². The minimum atomic E-state index is -0.814. The van der Waals surface area contributed by atoms with Gasteiger partial charge in [0.25, 0.3) is 0 Å². The van der Waals surface area contributed by atoms with Crippen LogP contribution in [0.4, 0.5) is 0 Å². The van der Waals surface area contributed by atoms with Gasteiger partial charge >= 0.3 is 5.97 Å². The first kappa shape index (κ1) is 35.0. The van der Waals surface area contributed by atoms with Gasteiger partial charge in [-0.05, 0) is 43.7 Å². The molecule has 1 heterocycles. The van der Waals surface area contributed by atoms with Gasteiger partial charge in [-0.3, -0.25) is 14.4 Å². The number of benzene rings is 1. The van der Waals surface area contributed by atoms with Crippen LogP contribution in [0.2, 0.25) is 0 Å². The number of hydrogen-bond acceptors (Lipinski definition) is 6. The Morgan fingerprint density at radius 2 is 1.64 bits per heavy atom. The van der Waals surface area contributed by atoms with Crippen LogP contribution in [0, 0.1) is 11.3 Å². The summed E-state index contributed by atoms with van der Waals surface area (Å²) in [6.45, 7) is 16.0. The Balaban J connectivity index is 2.33. The standard InChI is InChI=1S/C33H52N4O5/c1-21(2)25(20-22(3)29(39)37-19-15-18-24(37)31(41)42-11)36(10)30(40)27(32(4,5)6)35-28(38)26(34-9)33(7,8)23-16-13-12-14-17-23/h12-14,16-17,20-21,24-27,34H,15,18-19H2,1-11H3,(H,35,38)/t24-,25-,26-,27-/m1/s1. The van der Waals surface area contributed by atoms with Crippen LogP contribution in [0.3, 0.4) is 0 Å². The van der Waals surface area contributed by atoms with Gasteiger partial charge in [-0.1, -0.05) is 84.9 Å². The number of hydrogen-bond donors (Lipinski definition) is 2. The van der Waals surface area contributed by atoms with E-state index in [4.69, 9.17) is 4.74 Å². The van der Waals surface area contributed by atoms with Crippen LogP contribution in [0.1, 0.15) is 73.8 Å². The molecule has 0 unspecified atom stereocenters. The van der Waals surface area contributed by atoms with Gasteiger partial charge < -0.3 is 25.2 Å². The molecule has 9 heteroatoms. The Labute approximate surface area is 252 Å². The maximum Gasteiger partial charge on any atom is 0.328 e. The monoisotopic (exact) mass is 584 g/mol. The number of esters is 1. The number of nitrogens with one attached hydrogen (secondary N) is 2. The van der Waals surface area contributed by atoms with Crippen LogP contribution in [-0.4, -0.2) is 85.4 Å². The molecule has 0 saturated carbocycles. The molecule has 0 aliphatic carbocycles. The number of nitrogens with zero attached hydrogens (tertiary/aromatic N) is 2. The first-order valence-electron chi connectivity index (χ1n) is 14.9. The molecule has 2 N–H and O–H groups in total. The van der Waals surface area contributed by atoms with Gasteiger partial charge in [-0.25, -0.2) is 4.79 Å². The van der Waals surface area contributed by atoms with E-state index in [1.165, 1.54) is 7.11 Å². The van der Waals surface area contributed by atoms with Crippen LogP contribution in [0.25, 0.3) is 0 Å². The Hall–Kier alpha value is -3.20. The van der Waals surface area contributed by atoms with Crippen LogP contribution >= 0.6 is 0 Å². The van der Waals surface area contributed by atoms with Crippen molar-refractivity contribution in [2.24, 2.45) is 11.3 Å². The summed E-state index contributed by atoms with van der Waals surface area (Å²) in [5.74, 6) is -1.18. The summed E-state index contributed by atoms with van der Waals surface area (Å²) in [6.07, 6.45) is 3.10. The number of amides is 3. The zero-order valence-corrected chi connectivity index (χ0v) is 27.4. The lowest BCUT2D eigenvalue weighted by molar-refractivity contribution is -0.149. The molecular weight excluding hydrogens is 532 g/mol. The third-order valence-electron chi connectivity index (χ3n) is 8.41. The van der Waals surface area contributed by atoms with Crippen molar-refractivity contribution in [2.45, 2.75) is 97.8 Å². The molecular formula is C33H52N4O5. The number of likely N-dealkylation sites (tertiary alicyclic amines) is 1. The summed E-state index contributed by atoms with van der Waals surface area (Å²) in [4.78, 5) is 56.6. The molecule has 1 saturated heterocycles. The van der Waals surface area contributed by atoms with Crippen LogP contribution in [-0.2, 0) is 29.3 Å². The van der Waals surface area contributed by atoms with Gasteiger partial charge in [0.15, 0.2) is 0 Å². The summed E-state index contributed by atoms with van der Waals surface area (Å²) in [5, 5.41) is 6.23. The molecule has 3 amide bonds. The van der Waals surface area contributed by atoms with Crippen molar-refractivity contribution in [3.05, 3.63) is 47.5 Å². The number of carbonyl (C=O) groups is 4. The van der Waals surface area contributed by atoms with Crippen molar-refractivity contribution in [3.63, 3.8) is 0 Å². The highest BCUT2D eigenvalue weighted by Gasteiger charge is 2.42. The van der Waals surface area contributed by atoms with E-state index >= 15 is 0 Å². The van der Waals surface area contributed by atoms with Crippen molar-refractivity contribution < 1.29 is 23.9 Å². The second kappa shape index (κ2) is 14.3. The number of carbonyl (C=O) groups excluding carboxylic acids is 4. The fourth-order valence-electron chi connectivity index (χ4n) is 5.78. The van der Waals surface area contributed by atoms with E-state index in [1.54, 1.807) is 36.9 Å². The Morgan fingerprint density at radius 3 is 2.14 bits per heavy atom. The SMILES string of the molecule is CN[C@H](C(=O)N[C@H](C(=O)N(C)[C@H](C=C(C)C(=O)N1CCC[C@@H]1C(=O)OC)C(C)C)C(C)(C)C)C(C)(C)c1ccccc1. The first-order valence-corrected chi connectivity index (χ1v) is 14.9. The van der Waals surface area contributed by atoms with Gasteiger partial charge in [-0.2, -0.15) is 0 Å². The molecule has 0 aromatic heterocycles. The molecule has 42 heavy (non-hydrogen) atoms. The highest BCUT2D eigenvalue weighted by atomic mass is 16.5. The van der Waals surface area contributed by atoms with E-state index in [1.807, 2.05) is 78.8 Å². The topological polar surface area (TPSA) is 108 Å². The maximum absolute atomic E-state index is 14.1. The molecule has 234 valence electrons. The van der Waals surface area contributed by atoms with E-state index in [9.17, 15) is 19.2 Å². The van der Waals surface area contributed by atoms with Gasteiger partial charge in [0.05, 0.1) is 19.2 Å². The number of likely N-dealkylation sites (N-methyl/N-ethyl adjacent to an activating group) is 2. The lowest BCUT2D eigenvalue weighted by atomic mass is 9.76. The lowest BCUT2D eigenvalue weighted by Crippen LogP contribution is -2.61. The third-order valence-corrected chi connectivity index (χ3v) is 8.41. The summed E-state index contributed by atoms with van der Waals surface area (Å²) < 4.78 is 4.90. The van der Waals surface area contributed by atoms with Crippen LogP contribution in [0.15, 0.2) is 42.0 Å². The highest BCUT2D eigenvalue weighted by molar-refractivity contribution is 5.96. The average Bonchev–Trinajstić information content (AvgIpc) is 3.43. The van der Waals surface area contributed by atoms with Crippen LogP contribution < -0.4 is 10.6 Å². The predicted molar refractivity (Wildman–Crippen MR) is 166 cm³/mol. The summed E-state index contributed by atoms with van der Waals surface area (Å²) in [7, 11) is 4.79. The summed E-state index contributed by atoms with van der Waals surface area (Å²) in [6, 6.07) is 7.42. The van der Waals surface area contributed by atoms with Gasteiger partial charge in [0.2, 0.25) is 17.7 Å². The van der Waals surface area contributed by atoms with Gasteiger partial charge in [0, 0.05) is 24.6 Å². The minimum Gasteiger partial charge on any atom is -0.467 e. The Bertz CT molecular complexity index is 1140. The number of ether oxygens (including phenoxy) is 1. The number of methoxy groups -OCH3 is 1. The zero-order valence-electron chi connectivity index (χ0n) is 27.4. The second-order valence-corrected chi connectivity index (χ2v) is 13.3. The molecule has 1 fully saturated rings. The largest absolute Gasteiger partial charge is 0.467 e. The van der Waals surface area contributed by atoms with Gasteiger partial charge in [0.1, 0.15) is 12.1 Å². The van der Waals surface area contributed by atoms with E-state index < -0.39 is 41.0 Å². The molecule has 1 aromatic rings. The van der Waals surface area contributed by atoms with Crippen molar-refractivity contribution in [1.29, 1.82) is 0 Å². The summed E-state index contributed by atoms with van der Waals surface area (Å²) >= 11 is 0. The molecule has 4 atom stereocenters. The fourth-order valence-corrected chi connectivity index (χ4v) is 5.78. The second-order valence-electron chi connectivity index (χ2n) is 13.3. The molecule has 0 radical (unpaired) electrons. The smallest absolute Gasteiger partial charge is 0.328 e. The Morgan fingerprint density at radius 1 is 1.05 bits per heavy atom. The lowest BCUT2D eigenvalue weighted by Gasteiger charge is -2.40. The zero-order chi connectivity index (χ0) is 32.0. The van der Waals surface area contributed by atoms with Crippen molar-refractivity contribution in [2.75, 3.05) is 27.7 Å². The normalized spacial score (nSPS) is 18.3. The summed E-state index contributed by atoms with van der Waals surface area (Å²) in [5.41, 5.74) is 0.332. The fraction of sp³-hybridized carbons (Fsp3) is 0.636. The predicted octanol–water partition coefficient (Wildman–Crippen LogP) is 3.68.